The molecule has 1 N–H and O–H groups in total. The van der Waals surface area contributed by atoms with Gasteiger partial charge in [-0.15, -0.1) is 11.3 Å². The first-order valence-corrected chi connectivity index (χ1v) is 6.62. The molecule has 17 heavy (non-hydrogen) atoms. The van der Waals surface area contributed by atoms with E-state index in [1.54, 1.807) is 0 Å². The van der Waals surface area contributed by atoms with E-state index in [2.05, 4.69) is 36.3 Å². The second-order valence-electron chi connectivity index (χ2n) is 4.38. The van der Waals surface area contributed by atoms with Crippen molar-refractivity contribution in [1.29, 1.82) is 0 Å². The van der Waals surface area contributed by atoms with Crippen molar-refractivity contribution in [2.24, 2.45) is 0 Å². The van der Waals surface area contributed by atoms with E-state index in [-0.39, 0.29) is 0 Å². The lowest BCUT2D eigenvalue weighted by Gasteiger charge is -2.09. The van der Waals surface area contributed by atoms with E-state index in [9.17, 15) is 0 Å². The van der Waals surface area contributed by atoms with Gasteiger partial charge in [0, 0.05) is 22.0 Å². The second kappa shape index (κ2) is 4.88. The van der Waals surface area contributed by atoms with Gasteiger partial charge in [0.2, 0.25) is 0 Å². The normalized spacial score (nSPS) is 10.6. The number of hydrogen-bond acceptors (Lipinski definition) is 3. The molecule has 2 nitrogen and oxygen atoms in total. The highest BCUT2D eigenvalue weighted by Crippen LogP contribution is 2.22. The molecule has 0 aliphatic carbocycles. The maximum absolute atomic E-state index is 4.45. The van der Waals surface area contributed by atoms with E-state index in [4.69, 9.17) is 0 Å². The third-order valence-corrected chi connectivity index (χ3v) is 3.85. The minimum Gasteiger partial charge on any atom is -0.379 e. The van der Waals surface area contributed by atoms with E-state index in [1.807, 2.05) is 31.3 Å². The summed E-state index contributed by atoms with van der Waals surface area (Å²) in [6, 6.07) is 6.40. The van der Waals surface area contributed by atoms with Crippen molar-refractivity contribution in [3.8, 4) is 0 Å². The monoisotopic (exact) mass is 246 g/mol. The van der Waals surface area contributed by atoms with Crippen molar-refractivity contribution in [1.82, 2.24) is 4.98 Å². The zero-order chi connectivity index (χ0) is 12.4. The van der Waals surface area contributed by atoms with Crippen LogP contribution < -0.4 is 5.32 Å². The van der Waals surface area contributed by atoms with Crippen LogP contribution in [0.25, 0.3) is 0 Å². The van der Waals surface area contributed by atoms with Gasteiger partial charge in [-0.05, 0) is 51.5 Å². The molecule has 0 saturated heterocycles. The quantitative estimate of drug-likeness (QED) is 0.885. The molecule has 90 valence electrons. The predicted molar refractivity (Wildman–Crippen MR) is 74.8 cm³/mol. The summed E-state index contributed by atoms with van der Waals surface area (Å²) in [7, 11) is 0. The molecule has 0 aliphatic rings. The molecule has 3 heteroatoms. The number of aryl methyl sites for hydroxylation is 4. The Morgan fingerprint density at radius 1 is 1.18 bits per heavy atom. The summed E-state index contributed by atoms with van der Waals surface area (Å²) in [6.45, 7) is 9.26. The number of aromatic nitrogens is 1. The molecule has 0 unspecified atom stereocenters. The van der Waals surface area contributed by atoms with Crippen LogP contribution in [0, 0.1) is 27.7 Å². The number of pyridine rings is 1. The van der Waals surface area contributed by atoms with E-state index < -0.39 is 0 Å². The van der Waals surface area contributed by atoms with E-state index >= 15 is 0 Å². The molecule has 2 rings (SSSR count). The first-order valence-electron chi connectivity index (χ1n) is 5.80. The molecule has 2 aromatic heterocycles. The van der Waals surface area contributed by atoms with Gasteiger partial charge in [0.25, 0.3) is 0 Å². The van der Waals surface area contributed by atoms with Crippen molar-refractivity contribution >= 4 is 17.0 Å². The van der Waals surface area contributed by atoms with E-state index in [0.29, 0.717) is 0 Å². The van der Waals surface area contributed by atoms with Crippen LogP contribution in [-0.2, 0) is 6.54 Å². The average Bonchev–Trinajstić information content (AvgIpc) is 2.56. The summed E-state index contributed by atoms with van der Waals surface area (Å²) in [5, 5.41) is 3.45. The number of nitrogens with one attached hydrogen (secondary N) is 1. The summed E-state index contributed by atoms with van der Waals surface area (Å²) >= 11 is 1.86. The average molecular weight is 246 g/mol. The lowest BCUT2D eigenvalue weighted by molar-refractivity contribution is 1.08. The van der Waals surface area contributed by atoms with E-state index in [0.717, 1.165) is 23.6 Å². The molecular formula is C14H18N2S. The van der Waals surface area contributed by atoms with Crippen molar-refractivity contribution < 1.29 is 0 Å². The largest absolute Gasteiger partial charge is 0.379 e. The molecule has 0 aliphatic heterocycles. The van der Waals surface area contributed by atoms with Crippen LogP contribution in [-0.4, -0.2) is 4.98 Å². The molecule has 0 radical (unpaired) electrons. The molecule has 0 fully saturated rings. The van der Waals surface area contributed by atoms with Gasteiger partial charge in [-0.2, -0.15) is 0 Å². The molecular weight excluding hydrogens is 228 g/mol. The SMILES string of the molecule is Cc1ccc(NCc2cc(C)sc2C)c(C)n1. The number of rotatable bonds is 3. The molecule has 0 bridgehead atoms. The third kappa shape index (κ3) is 2.86. The minimum absolute atomic E-state index is 0.877. The first-order chi connectivity index (χ1) is 8.06. The van der Waals surface area contributed by atoms with E-state index in [1.165, 1.54) is 15.3 Å². The highest BCUT2D eigenvalue weighted by atomic mass is 32.1. The lowest BCUT2D eigenvalue weighted by atomic mass is 10.2. The van der Waals surface area contributed by atoms with Gasteiger partial charge < -0.3 is 5.32 Å². The molecule has 0 atom stereocenters. The maximum atomic E-state index is 4.45. The van der Waals surface area contributed by atoms with Crippen LogP contribution >= 0.6 is 11.3 Å². The summed E-state index contributed by atoms with van der Waals surface area (Å²) < 4.78 is 0. The highest BCUT2D eigenvalue weighted by Gasteiger charge is 2.04. The zero-order valence-electron chi connectivity index (χ0n) is 10.8. The van der Waals surface area contributed by atoms with Crippen LogP contribution in [0.1, 0.15) is 26.7 Å². The van der Waals surface area contributed by atoms with Gasteiger partial charge in [0.05, 0.1) is 11.4 Å². The smallest absolute Gasteiger partial charge is 0.0606 e. The lowest BCUT2D eigenvalue weighted by Crippen LogP contribution is -2.02. The molecule has 0 aromatic carbocycles. The van der Waals surface area contributed by atoms with Crippen LogP contribution in [0.15, 0.2) is 18.2 Å². The Balaban J connectivity index is 2.10. The van der Waals surface area contributed by atoms with Crippen molar-refractivity contribution in [3.63, 3.8) is 0 Å². The van der Waals surface area contributed by atoms with Gasteiger partial charge in [-0.1, -0.05) is 0 Å². The van der Waals surface area contributed by atoms with Gasteiger partial charge >= 0.3 is 0 Å². The number of hydrogen-bond donors (Lipinski definition) is 1. The fourth-order valence-electron chi connectivity index (χ4n) is 1.92. The van der Waals surface area contributed by atoms with Gasteiger partial charge in [-0.3, -0.25) is 4.98 Å². The van der Waals surface area contributed by atoms with Gasteiger partial charge in [0.1, 0.15) is 0 Å². The first kappa shape index (κ1) is 12.1. The summed E-state index contributed by atoms with van der Waals surface area (Å²) in [5.41, 5.74) is 4.64. The zero-order valence-corrected chi connectivity index (χ0v) is 11.6. The van der Waals surface area contributed by atoms with Crippen molar-refractivity contribution in [2.75, 3.05) is 5.32 Å². The number of nitrogens with zero attached hydrogens (tertiary/aromatic N) is 1. The Morgan fingerprint density at radius 2 is 1.94 bits per heavy atom. The number of thiophene rings is 1. The minimum atomic E-state index is 0.877. The highest BCUT2D eigenvalue weighted by molar-refractivity contribution is 7.12. The summed E-state index contributed by atoms with van der Waals surface area (Å²) in [4.78, 5) is 7.22. The molecule has 2 heterocycles. The van der Waals surface area contributed by atoms with Gasteiger partial charge in [-0.25, -0.2) is 0 Å². The fourth-order valence-corrected chi connectivity index (χ4v) is 2.87. The Labute approximate surface area is 107 Å². The Bertz CT molecular complexity index is 529. The van der Waals surface area contributed by atoms with Crippen molar-refractivity contribution in [3.05, 3.63) is 44.9 Å². The third-order valence-electron chi connectivity index (χ3n) is 2.84. The second-order valence-corrected chi connectivity index (χ2v) is 5.84. The van der Waals surface area contributed by atoms with Crippen LogP contribution in [0.2, 0.25) is 0 Å². The Morgan fingerprint density at radius 3 is 2.53 bits per heavy atom. The summed E-state index contributed by atoms with van der Waals surface area (Å²) in [6.07, 6.45) is 0. The molecule has 0 spiro atoms. The summed E-state index contributed by atoms with van der Waals surface area (Å²) in [5.74, 6) is 0. The molecule has 2 aromatic rings. The Kier molecular flexibility index (Phi) is 3.48. The fraction of sp³-hybridized carbons (Fsp3) is 0.357. The van der Waals surface area contributed by atoms with Crippen LogP contribution in [0.3, 0.4) is 0 Å². The number of anilines is 1. The topological polar surface area (TPSA) is 24.9 Å². The van der Waals surface area contributed by atoms with Crippen LogP contribution in [0.4, 0.5) is 5.69 Å². The standard InChI is InChI=1S/C14H18N2S/c1-9-5-6-14(11(3)16-9)15-8-13-7-10(2)17-12(13)4/h5-7,15H,8H2,1-4H3. The molecule has 0 saturated carbocycles. The van der Waals surface area contributed by atoms with Crippen molar-refractivity contribution in [2.45, 2.75) is 34.2 Å². The maximum Gasteiger partial charge on any atom is 0.0606 e. The predicted octanol–water partition coefficient (Wildman–Crippen LogP) is 3.99. The molecule has 0 amide bonds. The van der Waals surface area contributed by atoms with Crippen LogP contribution in [0.5, 0.6) is 0 Å². The Hall–Kier alpha value is -1.35. The van der Waals surface area contributed by atoms with Gasteiger partial charge in [0.15, 0.2) is 0 Å².